The van der Waals surface area contributed by atoms with Crippen LogP contribution in [0.15, 0.2) is 18.2 Å². The van der Waals surface area contributed by atoms with Gasteiger partial charge in [0.05, 0.1) is 17.9 Å². The minimum atomic E-state index is -0.939. The molecule has 2 fully saturated rings. The number of carbonyl (C=O) groups excluding carboxylic acids is 2. The summed E-state index contributed by atoms with van der Waals surface area (Å²) in [5.74, 6) is -2.27. The molecule has 1 saturated carbocycles. The van der Waals surface area contributed by atoms with Crippen LogP contribution in [0.2, 0.25) is 0 Å². The van der Waals surface area contributed by atoms with Crippen molar-refractivity contribution in [3.63, 3.8) is 0 Å². The van der Waals surface area contributed by atoms with Gasteiger partial charge in [0.25, 0.3) is 0 Å². The first kappa shape index (κ1) is 17.4. The zero-order valence-corrected chi connectivity index (χ0v) is 14.0. The van der Waals surface area contributed by atoms with Crippen molar-refractivity contribution in [2.75, 3.05) is 11.4 Å². The van der Waals surface area contributed by atoms with Crippen molar-refractivity contribution in [3.05, 3.63) is 29.6 Å². The van der Waals surface area contributed by atoms with Crippen molar-refractivity contribution in [2.24, 2.45) is 5.92 Å². The fourth-order valence-electron chi connectivity index (χ4n) is 3.53. The molecule has 1 atom stereocenters. The molecule has 0 bridgehead atoms. The van der Waals surface area contributed by atoms with Crippen LogP contribution in [0.5, 0.6) is 0 Å². The molecule has 1 aromatic carbocycles. The lowest BCUT2D eigenvalue weighted by molar-refractivity contribution is -0.141. The molecule has 6 nitrogen and oxygen atoms in total. The summed E-state index contributed by atoms with van der Waals surface area (Å²) in [5.41, 5.74) is 0.336. The van der Waals surface area contributed by atoms with E-state index < -0.39 is 17.4 Å². The zero-order valence-electron chi connectivity index (χ0n) is 14.0. The number of halogens is 1. The number of hydrogen-bond acceptors (Lipinski definition) is 3. The van der Waals surface area contributed by atoms with E-state index in [0.29, 0.717) is 24.1 Å². The summed E-state index contributed by atoms with van der Waals surface area (Å²) in [7, 11) is 0. The second kappa shape index (κ2) is 6.46. The highest BCUT2D eigenvalue weighted by atomic mass is 19.1. The first-order chi connectivity index (χ1) is 11.8. The van der Waals surface area contributed by atoms with E-state index in [2.05, 4.69) is 5.32 Å². The highest BCUT2D eigenvalue weighted by Gasteiger charge is 2.43. The number of aryl methyl sites for hydroxylation is 1. The molecule has 1 saturated heterocycles. The van der Waals surface area contributed by atoms with Gasteiger partial charge in [0.15, 0.2) is 0 Å². The first-order valence-electron chi connectivity index (χ1n) is 8.40. The molecule has 1 unspecified atom stereocenters. The third kappa shape index (κ3) is 3.50. The SMILES string of the molecule is Cc1cc(N2CC(C(=O)NC3(CC(=O)O)CCC3)CC2=O)ccc1F. The maximum Gasteiger partial charge on any atom is 0.305 e. The van der Waals surface area contributed by atoms with Gasteiger partial charge in [-0.25, -0.2) is 4.39 Å². The molecule has 2 aliphatic rings. The quantitative estimate of drug-likeness (QED) is 0.852. The smallest absolute Gasteiger partial charge is 0.305 e. The summed E-state index contributed by atoms with van der Waals surface area (Å²) in [6.07, 6.45) is 2.16. The number of hydrogen-bond donors (Lipinski definition) is 2. The van der Waals surface area contributed by atoms with Crippen molar-refractivity contribution in [1.82, 2.24) is 5.32 Å². The van der Waals surface area contributed by atoms with Crippen LogP contribution in [-0.4, -0.2) is 35.0 Å². The van der Waals surface area contributed by atoms with E-state index in [1.807, 2.05) is 0 Å². The van der Waals surface area contributed by atoms with Gasteiger partial charge in [-0.3, -0.25) is 14.4 Å². The topological polar surface area (TPSA) is 86.7 Å². The minimum Gasteiger partial charge on any atom is -0.481 e. The van der Waals surface area contributed by atoms with Gasteiger partial charge in [0, 0.05) is 18.7 Å². The molecule has 25 heavy (non-hydrogen) atoms. The lowest BCUT2D eigenvalue weighted by Gasteiger charge is -2.42. The van der Waals surface area contributed by atoms with E-state index in [4.69, 9.17) is 5.11 Å². The summed E-state index contributed by atoms with van der Waals surface area (Å²) in [5, 5.41) is 11.9. The van der Waals surface area contributed by atoms with Gasteiger partial charge in [-0.05, 0) is 49.9 Å². The number of nitrogens with zero attached hydrogens (tertiary/aromatic N) is 1. The second-order valence-corrected chi connectivity index (χ2v) is 7.03. The number of aliphatic carboxylic acids is 1. The van der Waals surface area contributed by atoms with Crippen molar-refractivity contribution in [1.29, 1.82) is 0 Å². The molecular weight excluding hydrogens is 327 g/mol. The van der Waals surface area contributed by atoms with Gasteiger partial charge in [-0.15, -0.1) is 0 Å². The van der Waals surface area contributed by atoms with Crippen molar-refractivity contribution < 1.29 is 23.9 Å². The monoisotopic (exact) mass is 348 g/mol. The highest BCUT2D eigenvalue weighted by molar-refractivity contribution is 6.00. The first-order valence-corrected chi connectivity index (χ1v) is 8.40. The van der Waals surface area contributed by atoms with Gasteiger partial charge in [0.1, 0.15) is 5.82 Å². The lowest BCUT2D eigenvalue weighted by atomic mass is 9.74. The van der Waals surface area contributed by atoms with E-state index in [0.717, 1.165) is 6.42 Å². The molecule has 1 aliphatic carbocycles. The van der Waals surface area contributed by atoms with Crippen LogP contribution < -0.4 is 10.2 Å². The molecule has 1 heterocycles. The Kier molecular flexibility index (Phi) is 4.49. The predicted molar refractivity (Wildman–Crippen MR) is 88.6 cm³/mol. The van der Waals surface area contributed by atoms with Crippen LogP contribution in [0, 0.1) is 18.7 Å². The Morgan fingerprint density at radius 2 is 2.12 bits per heavy atom. The Morgan fingerprint density at radius 1 is 1.40 bits per heavy atom. The van der Waals surface area contributed by atoms with Gasteiger partial charge >= 0.3 is 5.97 Å². The Morgan fingerprint density at radius 3 is 2.68 bits per heavy atom. The number of nitrogens with one attached hydrogen (secondary N) is 1. The molecule has 1 aliphatic heterocycles. The Bertz CT molecular complexity index is 730. The standard InChI is InChI=1S/C18H21FN2O4/c1-11-7-13(3-4-14(11)19)21-10-12(8-15(21)22)17(25)20-18(5-2-6-18)9-16(23)24/h3-4,7,12H,2,5-6,8-10H2,1H3,(H,20,25)(H,23,24). The predicted octanol–water partition coefficient (Wildman–Crippen LogP) is 2.00. The van der Waals surface area contributed by atoms with E-state index >= 15 is 0 Å². The molecule has 3 rings (SSSR count). The van der Waals surface area contributed by atoms with Gasteiger partial charge in [-0.2, -0.15) is 0 Å². The van der Waals surface area contributed by atoms with Crippen molar-refractivity contribution in [2.45, 2.75) is 44.6 Å². The molecule has 1 aromatic rings. The van der Waals surface area contributed by atoms with Crippen LogP contribution >= 0.6 is 0 Å². The summed E-state index contributed by atoms with van der Waals surface area (Å²) in [6, 6.07) is 4.42. The van der Waals surface area contributed by atoms with E-state index in [9.17, 15) is 18.8 Å². The van der Waals surface area contributed by atoms with E-state index in [-0.39, 0.29) is 37.0 Å². The molecule has 0 spiro atoms. The van der Waals surface area contributed by atoms with Crippen molar-refractivity contribution in [3.8, 4) is 0 Å². The Labute approximate surface area is 145 Å². The summed E-state index contributed by atoms with van der Waals surface area (Å²) < 4.78 is 13.4. The van der Waals surface area contributed by atoms with E-state index in [1.54, 1.807) is 13.0 Å². The summed E-state index contributed by atoms with van der Waals surface area (Å²) in [4.78, 5) is 37.3. The number of rotatable bonds is 5. The maximum atomic E-state index is 13.4. The highest BCUT2D eigenvalue weighted by Crippen LogP contribution is 2.36. The third-order valence-electron chi connectivity index (χ3n) is 5.14. The van der Waals surface area contributed by atoms with Gasteiger partial charge in [0.2, 0.25) is 11.8 Å². The fourth-order valence-corrected chi connectivity index (χ4v) is 3.53. The number of carboxylic acid groups (broad SMARTS) is 1. The Hall–Kier alpha value is -2.44. The molecule has 0 radical (unpaired) electrons. The van der Waals surface area contributed by atoms with Crippen LogP contribution in [-0.2, 0) is 14.4 Å². The largest absolute Gasteiger partial charge is 0.481 e. The van der Waals surface area contributed by atoms with E-state index in [1.165, 1.54) is 17.0 Å². The number of anilines is 1. The average molecular weight is 348 g/mol. The van der Waals surface area contributed by atoms with Gasteiger partial charge < -0.3 is 15.3 Å². The normalized spacial score (nSPS) is 21.8. The Balaban J connectivity index is 1.68. The van der Waals surface area contributed by atoms with Gasteiger partial charge in [-0.1, -0.05) is 0 Å². The van der Waals surface area contributed by atoms with Crippen molar-refractivity contribution >= 4 is 23.5 Å². The molecule has 134 valence electrons. The number of carboxylic acids is 1. The molecule has 0 aromatic heterocycles. The average Bonchev–Trinajstić information content (AvgIpc) is 2.89. The van der Waals surface area contributed by atoms with Crippen LogP contribution in [0.4, 0.5) is 10.1 Å². The minimum absolute atomic E-state index is 0.0748. The lowest BCUT2D eigenvalue weighted by Crippen LogP contribution is -2.56. The number of carbonyl (C=O) groups is 3. The zero-order chi connectivity index (χ0) is 18.2. The molecule has 7 heteroatoms. The second-order valence-electron chi connectivity index (χ2n) is 7.03. The van der Waals surface area contributed by atoms with Crippen LogP contribution in [0.3, 0.4) is 0 Å². The number of amides is 2. The van der Waals surface area contributed by atoms with Crippen LogP contribution in [0.25, 0.3) is 0 Å². The maximum absolute atomic E-state index is 13.4. The molecular formula is C18H21FN2O4. The molecule has 2 N–H and O–H groups in total. The molecule has 2 amide bonds. The fraction of sp³-hybridized carbons (Fsp3) is 0.500. The van der Waals surface area contributed by atoms with Crippen LogP contribution in [0.1, 0.15) is 37.7 Å². The number of benzene rings is 1. The summed E-state index contributed by atoms with van der Waals surface area (Å²) in [6.45, 7) is 1.84. The third-order valence-corrected chi connectivity index (χ3v) is 5.14. The summed E-state index contributed by atoms with van der Waals surface area (Å²) >= 11 is 0.